The van der Waals surface area contributed by atoms with Crippen LogP contribution in [0.25, 0.3) is 0 Å². The van der Waals surface area contributed by atoms with Crippen LogP contribution in [0.1, 0.15) is 55.5 Å². The number of aryl methyl sites for hydroxylation is 2. The molecule has 3 aromatic rings. The van der Waals surface area contributed by atoms with E-state index in [1.54, 1.807) is 4.68 Å². The normalized spacial score (nSPS) is 12.6. The number of carbonyl (C=O) groups excluding carboxylic acids is 1. The Morgan fingerprint density at radius 2 is 1.85 bits per heavy atom. The second kappa shape index (κ2) is 8.68. The van der Waals surface area contributed by atoms with Gasteiger partial charge in [0.25, 0.3) is 16.8 Å². The molecule has 0 saturated carbocycles. The lowest BCUT2D eigenvalue weighted by Crippen LogP contribution is -2.39. The van der Waals surface area contributed by atoms with Crippen molar-refractivity contribution in [3.05, 3.63) is 55.9 Å². The van der Waals surface area contributed by atoms with Gasteiger partial charge in [-0.25, -0.2) is 4.98 Å². The number of anilines is 3. The van der Waals surface area contributed by atoms with Crippen molar-refractivity contribution in [1.82, 2.24) is 19.7 Å². The van der Waals surface area contributed by atoms with Gasteiger partial charge in [0.2, 0.25) is 0 Å². The first-order chi connectivity index (χ1) is 15.4. The molecule has 2 heterocycles. The highest BCUT2D eigenvalue weighted by Crippen LogP contribution is 2.38. The highest BCUT2D eigenvalue weighted by molar-refractivity contribution is 5.97. The molecule has 2 aromatic heterocycles. The summed E-state index contributed by atoms with van der Waals surface area (Å²) in [6.07, 6.45) is 4.05. The quantitative estimate of drug-likeness (QED) is 0.464. The van der Waals surface area contributed by atoms with Crippen molar-refractivity contribution >= 4 is 23.0 Å². The van der Waals surface area contributed by atoms with E-state index in [2.05, 4.69) is 20.7 Å². The maximum Gasteiger partial charge on any atom is 0.275 e. The predicted molar refractivity (Wildman–Crippen MR) is 127 cm³/mol. The summed E-state index contributed by atoms with van der Waals surface area (Å²) in [5.41, 5.74) is 0.222. The minimum Gasteiger partial charge on any atom is -0.504 e. The van der Waals surface area contributed by atoms with Gasteiger partial charge in [0.1, 0.15) is 11.4 Å². The molecule has 0 fully saturated rings. The minimum absolute atomic E-state index is 0.0213. The Labute approximate surface area is 192 Å². The molecule has 1 aromatic carbocycles. The van der Waals surface area contributed by atoms with Crippen molar-refractivity contribution < 1.29 is 9.90 Å². The van der Waals surface area contributed by atoms with E-state index in [9.17, 15) is 19.5 Å². The summed E-state index contributed by atoms with van der Waals surface area (Å²) in [7, 11) is 4.92. The molecule has 0 aliphatic heterocycles. The fourth-order valence-electron chi connectivity index (χ4n) is 3.62. The first-order valence-corrected chi connectivity index (χ1v) is 10.7. The third-order valence-corrected chi connectivity index (χ3v) is 5.45. The van der Waals surface area contributed by atoms with Gasteiger partial charge in [0, 0.05) is 33.5 Å². The van der Waals surface area contributed by atoms with Crippen molar-refractivity contribution in [1.29, 1.82) is 0 Å². The number of aromatic hydroxyl groups is 1. The topological polar surface area (TPSA) is 129 Å². The summed E-state index contributed by atoms with van der Waals surface area (Å²) in [6.45, 7) is 8.09. The Morgan fingerprint density at radius 1 is 1.21 bits per heavy atom. The molecule has 10 nitrogen and oxygen atoms in total. The molecule has 3 rings (SSSR count). The van der Waals surface area contributed by atoms with Crippen LogP contribution in [-0.4, -0.2) is 44.8 Å². The maximum atomic E-state index is 12.5. The number of hydrogen-bond acceptors (Lipinski definition) is 8. The summed E-state index contributed by atoms with van der Waals surface area (Å²) in [5.74, 6) is -0.893. The van der Waals surface area contributed by atoms with E-state index in [-0.39, 0.29) is 34.2 Å². The zero-order chi connectivity index (χ0) is 24.7. The zero-order valence-corrected chi connectivity index (χ0v) is 20.0. The number of amides is 1. The van der Waals surface area contributed by atoms with E-state index in [1.165, 1.54) is 31.3 Å². The third kappa shape index (κ3) is 4.46. The second-order valence-electron chi connectivity index (χ2n) is 9.30. The van der Waals surface area contributed by atoms with Crippen LogP contribution >= 0.6 is 0 Å². The van der Waals surface area contributed by atoms with E-state index in [1.807, 2.05) is 40.9 Å². The van der Waals surface area contributed by atoms with Gasteiger partial charge < -0.3 is 20.6 Å². The van der Waals surface area contributed by atoms with E-state index >= 15 is 0 Å². The molecule has 0 saturated heterocycles. The first kappa shape index (κ1) is 24.0. The average molecular weight is 455 g/mol. The smallest absolute Gasteiger partial charge is 0.275 e. The first-order valence-electron chi connectivity index (χ1n) is 10.7. The van der Waals surface area contributed by atoms with Crippen LogP contribution in [0.2, 0.25) is 0 Å². The van der Waals surface area contributed by atoms with Crippen LogP contribution in [0, 0.1) is 5.41 Å². The number of nitrogens with zero attached hydrogens (tertiary/aromatic N) is 4. The van der Waals surface area contributed by atoms with Crippen LogP contribution < -0.4 is 21.5 Å². The number of nitrogens with one attached hydrogen (secondary N) is 2. The van der Waals surface area contributed by atoms with Crippen molar-refractivity contribution in [2.75, 3.05) is 24.7 Å². The van der Waals surface area contributed by atoms with Crippen LogP contribution in [0.4, 0.5) is 17.1 Å². The Balaban J connectivity index is 2.00. The standard InChI is InChI=1S/C23H30N6O4/c1-8-12-11-29(7)27-14(12)21(23(2,3)4)26-16-15(19(31)20(16)32)25-13-9-10-24-17(18(13)30)22(33)28(5)6/h9-11,21,26,30H,8H2,1-7H3,(H,24,25). The Hall–Kier alpha value is -3.69. The predicted octanol–water partition coefficient (Wildman–Crippen LogP) is 2.32. The van der Waals surface area contributed by atoms with Crippen LogP contribution in [0.15, 0.2) is 28.0 Å². The molecule has 1 amide bonds. The molecule has 0 radical (unpaired) electrons. The van der Waals surface area contributed by atoms with Gasteiger partial charge in [-0.15, -0.1) is 0 Å². The summed E-state index contributed by atoms with van der Waals surface area (Å²) in [5, 5.41) is 21.2. The van der Waals surface area contributed by atoms with Crippen LogP contribution in [0.3, 0.4) is 0 Å². The van der Waals surface area contributed by atoms with E-state index in [0.717, 1.165) is 17.7 Å². The van der Waals surface area contributed by atoms with Crippen molar-refractivity contribution in [2.24, 2.45) is 12.5 Å². The molecule has 33 heavy (non-hydrogen) atoms. The molecule has 3 N–H and O–H groups in total. The Morgan fingerprint density at radius 3 is 2.42 bits per heavy atom. The highest BCUT2D eigenvalue weighted by Gasteiger charge is 2.34. The monoisotopic (exact) mass is 454 g/mol. The van der Waals surface area contributed by atoms with Crippen LogP contribution in [0.5, 0.6) is 5.75 Å². The van der Waals surface area contributed by atoms with Crippen molar-refractivity contribution in [3.63, 3.8) is 0 Å². The molecular formula is C23H30N6O4. The largest absolute Gasteiger partial charge is 0.504 e. The van der Waals surface area contributed by atoms with Gasteiger partial charge in [-0.1, -0.05) is 27.7 Å². The average Bonchev–Trinajstić information content (AvgIpc) is 3.12. The summed E-state index contributed by atoms with van der Waals surface area (Å²) >= 11 is 0. The summed E-state index contributed by atoms with van der Waals surface area (Å²) < 4.78 is 1.73. The number of pyridine rings is 1. The Bertz CT molecular complexity index is 1260. The maximum absolute atomic E-state index is 12.5. The molecule has 10 heteroatoms. The number of hydrogen-bond donors (Lipinski definition) is 3. The van der Waals surface area contributed by atoms with Crippen LogP contribution in [-0.2, 0) is 13.5 Å². The number of carbonyl (C=O) groups is 1. The zero-order valence-electron chi connectivity index (χ0n) is 20.0. The molecule has 1 unspecified atom stereocenters. The van der Waals surface area contributed by atoms with Crippen molar-refractivity contribution in [2.45, 2.75) is 40.2 Å². The molecule has 176 valence electrons. The highest BCUT2D eigenvalue weighted by atomic mass is 16.3. The summed E-state index contributed by atoms with van der Waals surface area (Å²) in [6, 6.07) is 1.08. The molecule has 0 aliphatic rings. The van der Waals surface area contributed by atoms with E-state index < -0.39 is 22.5 Å². The van der Waals surface area contributed by atoms with Crippen molar-refractivity contribution in [3.8, 4) is 5.75 Å². The lowest BCUT2D eigenvalue weighted by Gasteiger charge is -2.32. The van der Waals surface area contributed by atoms with Gasteiger partial charge in [-0.3, -0.25) is 19.1 Å². The second-order valence-corrected chi connectivity index (χ2v) is 9.30. The van der Waals surface area contributed by atoms with Gasteiger partial charge in [-0.05, 0) is 23.5 Å². The van der Waals surface area contributed by atoms with Gasteiger partial charge >= 0.3 is 0 Å². The number of aromatic nitrogens is 3. The van der Waals surface area contributed by atoms with Gasteiger partial charge in [0.05, 0.1) is 17.4 Å². The molecular weight excluding hydrogens is 424 g/mol. The third-order valence-electron chi connectivity index (χ3n) is 5.45. The molecule has 0 bridgehead atoms. The fraction of sp³-hybridized carbons (Fsp3) is 0.435. The molecule has 0 aliphatic carbocycles. The molecule has 1 atom stereocenters. The van der Waals surface area contributed by atoms with E-state index in [4.69, 9.17) is 0 Å². The lowest BCUT2D eigenvalue weighted by molar-refractivity contribution is 0.0819. The van der Waals surface area contributed by atoms with E-state index in [0.29, 0.717) is 0 Å². The fourth-order valence-corrected chi connectivity index (χ4v) is 3.62. The summed E-state index contributed by atoms with van der Waals surface area (Å²) in [4.78, 5) is 42.4. The lowest BCUT2D eigenvalue weighted by atomic mass is 9.83. The SMILES string of the molecule is CCc1cn(C)nc1C(Nc1c(Nc2ccnc(C(=O)N(C)C)c2O)c(=O)c1=O)C(C)(C)C. The Kier molecular flexibility index (Phi) is 6.31. The number of rotatable bonds is 7. The van der Waals surface area contributed by atoms with Gasteiger partial charge in [0.15, 0.2) is 11.4 Å². The molecule has 0 spiro atoms. The van der Waals surface area contributed by atoms with Gasteiger partial charge in [-0.2, -0.15) is 5.10 Å². The minimum atomic E-state index is -0.710.